The summed E-state index contributed by atoms with van der Waals surface area (Å²) in [5, 5.41) is 10.9. The number of hydrogen-bond donors (Lipinski definition) is 1. The predicted octanol–water partition coefficient (Wildman–Crippen LogP) is 2.95. The first-order valence-electron chi connectivity index (χ1n) is 9.95. The van der Waals surface area contributed by atoms with Gasteiger partial charge in [-0.1, -0.05) is 19.1 Å². The predicted molar refractivity (Wildman–Crippen MR) is 105 cm³/mol. The molecule has 1 N–H and O–H groups in total. The summed E-state index contributed by atoms with van der Waals surface area (Å²) in [5.74, 6) is 2.78. The van der Waals surface area contributed by atoms with Crippen molar-refractivity contribution in [3.63, 3.8) is 0 Å². The smallest absolute Gasteiger partial charge is 0.231 e. The standard InChI is InChI=1S/C22H25NO6/c1-13-20(14-4-3-5-16(25-2)21(14)24)15-10-18-19(28-12-27-18)11-17(15)29-22(13)23-6-8-26-9-7-23/h3-5,10-11,13,20,22,24H,6-9,12H2,1-2H3/t13-,20+,22-/m0/s1. The van der Waals surface area contributed by atoms with E-state index >= 15 is 0 Å². The minimum absolute atomic E-state index is 0.0824. The van der Waals surface area contributed by atoms with Gasteiger partial charge in [-0.05, 0) is 12.1 Å². The van der Waals surface area contributed by atoms with Gasteiger partial charge in [-0.3, -0.25) is 4.90 Å². The molecule has 29 heavy (non-hydrogen) atoms. The normalized spacial score (nSPS) is 25.9. The zero-order valence-corrected chi connectivity index (χ0v) is 16.6. The Labute approximate surface area is 169 Å². The van der Waals surface area contributed by atoms with E-state index in [1.165, 1.54) is 0 Å². The van der Waals surface area contributed by atoms with Crippen LogP contribution in [0.25, 0.3) is 0 Å². The van der Waals surface area contributed by atoms with E-state index < -0.39 is 0 Å². The number of nitrogens with zero attached hydrogens (tertiary/aromatic N) is 1. The van der Waals surface area contributed by atoms with E-state index in [4.69, 9.17) is 23.7 Å². The highest BCUT2D eigenvalue weighted by atomic mass is 16.7. The van der Waals surface area contributed by atoms with Crippen molar-refractivity contribution in [1.82, 2.24) is 4.90 Å². The average Bonchev–Trinajstić information content (AvgIpc) is 3.20. The molecule has 0 aromatic heterocycles. The van der Waals surface area contributed by atoms with Crippen molar-refractivity contribution in [2.24, 2.45) is 5.92 Å². The van der Waals surface area contributed by atoms with Gasteiger partial charge in [0.05, 0.1) is 20.3 Å². The van der Waals surface area contributed by atoms with E-state index in [0.717, 1.165) is 30.0 Å². The van der Waals surface area contributed by atoms with Crippen molar-refractivity contribution in [2.75, 3.05) is 40.2 Å². The van der Waals surface area contributed by atoms with Gasteiger partial charge in [0.1, 0.15) is 5.75 Å². The van der Waals surface area contributed by atoms with E-state index in [1.807, 2.05) is 24.3 Å². The molecule has 1 fully saturated rings. The lowest BCUT2D eigenvalue weighted by atomic mass is 9.77. The van der Waals surface area contributed by atoms with Crippen molar-refractivity contribution >= 4 is 0 Å². The van der Waals surface area contributed by atoms with E-state index in [2.05, 4.69) is 11.8 Å². The Balaban J connectivity index is 1.63. The number of phenolic OH excluding ortho intramolecular Hbond substituents is 1. The summed E-state index contributed by atoms with van der Waals surface area (Å²) < 4.78 is 28.5. The molecule has 3 aliphatic heterocycles. The maximum atomic E-state index is 10.9. The van der Waals surface area contributed by atoms with Gasteiger partial charge in [0.2, 0.25) is 6.79 Å². The van der Waals surface area contributed by atoms with Crippen LogP contribution < -0.4 is 18.9 Å². The molecule has 7 heteroatoms. The Bertz CT molecular complexity index is 910. The van der Waals surface area contributed by atoms with Crippen LogP contribution in [-0.4, -0.2) is 56.4 Å². The molecule has 2 aromatic carbocycles. The largest absolute Gasteiger partial charge is 0.504 e. The second kappa shape index (κ2) is 7.31. The Kier molecular flexibility index (Phi) is 4.64. The van der Waals surface area contributed by atoms with Crippen molar-refractivity contribution in [3.8, 4) is 28.7 Å². The lowest BCUT2D eigenvalue weighted by Gasteiger charge is -2.44. The molecule has 0 bridgehead atoms. The summed E-state index contributed by atoms with van der Waals surface area (Å²) in [4.78, 5) is 2.31. The number of rotatable bonds is 3. The third kappa shape index (κ3) is 3.05. The second-order valence-electron chi connectivity index (χ2n) is 7.63. The molecule has 0 spiro atoms. The SMILES string of the molecule is COc1cccc([C@@H]2c3cc4c(cc3O[C@H](N3CCOCC3)[C@H]2C)OCO4)c1O. The second-order valence-corrected chi connectivity index (χ2v) is 7.63. The number of benzene rings is 2. The van der Waals surface area contributed by atoms with Crippen LogP contribution in [-0.2, 0) is 4.74 Å². The Morgan fingerprint density at radius 2 is 1.79 bits per heavy atom. The molecular weight excluding hydrogens is 374 g/mol. The first kappa shape index (κ1) is 18.4. The molecule has 154 valence electrons. The summed E-state index contributed by atoms with van der Waals surface area (Å²) in [6.45, 7) is 5.37. The number of morpholine rings is 1. The summed E-state index contributed by atoms with van der Waals surface area (Å²) >= 11 is 0. The van der Waals surface area contributed by atoms with Gasteiger partial charge >= 0.3 is 0 Å². The maximum absolute atomic E-state index is 10.9. The van der Waals surface area contributed by atoms with Gasteiger partial charge in [0.25, 0.3) is 0 Å². The quantitative estimate of drug-likeness (QED) is 0.851. The van der Waals surface area contributed by atoms with Gasteiger partial charge in [-0.25, -0.2) is 0 Å². The van der Waals surface area contributed by atoms with Crippen LogP contribution in [0.3, 0.4) is 0 Å². The highest BCUT2D eigenvalue weighted by molar-refractivity contribution is 5.59. The topological polar surface area (TPSA) is 69.6 Å². The van der Waals surface area contributed by atoms with Gasteiger partial charge in [0, 0.05) is 42.1 Å². The molecule has 3 atom stereocenters. The van der Waals surface area contributed by atoms with Crippen LogP contribution in [0.15, 0.2) is 30.3 Å². The zero-order valence-electron chi connectivity index (χ0n) is 16.6. The molecule has 1 saturated heterocycles. The Hall–Kier alpha value is -2.64. The van der Waals surface area contributed by atoms with Crippen molar-refractivity contribution in [2.45, 2.75) is 19.1 Å². The van der Waals surface area contributed by atoms with Crippen LogP contribution in [0.4, 0.5) is 0 Å². The molecule has 5 rings (SSSR count). The molecule has 3 heterocycles. The van der Waals surface area contributed by atoms with Crippen LogP contribution in [0.2, 0.25) is 0 Å². The van der Waals surface area contributed by atoms with Crippen molar-refractivity contribution in [3.05, 3.63) is 41.5 Å². The van der Waals surface area contributed by atoms with Crippen LogP contribution in [0.5, 0.6) is 28.7 Å². The number of aromatic hydroxyl groups is 1. The fourth-order valence-electron chi connectivity index (χ4n) is 4.61. The molecule has 0 saturated carbocycles. The molecule has 3 aliphatic rings. The van der Waals surface area contributed by atoms with E-state index in [9.17, 15) is 5.11 Å². The number of phenols is 1. The fraction of sp³-hybridized carbons (Fsp3) is 0.455. The van der Waals surface area contributed by atoms with Gasteiger partial charge < -0.3 is 28.8 Å². The van der Waals surface area contributed by atoms with Gasteiger partial charge in [-0.15, -0.1) is 0 Å². The first-order chi connectivity index (χ1) is 14.2. The lowest BCUT2D eigenvalue weighted by molar-refractivity contribution is -0.0785. The summed E-state index contributed by atoms with van der Waals surface area (Å²) in [6, 6.07) is 9.51. The minimum Gasteiger partial charge on any atom is -0.504 e. The van der Waals surface area contributed by atoms with Crippen molar-refractivity contribution < 1.29 is 28.8 Å². The molecule has 0 unspecified atom stereocenters. The average molecular weight is 399 g/mol. The van der Waals surface area contributed by atoms with Gasteiger partial charge in [0.15, 0.2) is 29.2 Å². The maximum Gasteiger partial charge on any atom is 0.231 e. The van der Waals surface area contributed by atoms with E-state index in [1.54, 1.807) is 13.2 Å². The fourth-order valence-corrected chi connectivity index (χ4v) is 4.61. The first-order valence-corrected chi connectivity index (χ1v) is 9.95. The summed E-state index contributed by atoms with van der Waals surface area (Å²) in [6.07, 6.45) is -0.137. The monoisotopic (exact) mass is 399 g/mol. The Morgan fingerprint density at radius 3 is 2.55 bits per heavy atom. The minimum atomic E-state index is -0.137. The van der Waals surface area contributed by atoms with Crippen LogP contribution >= 0.6 is 0 Å². The molecule has 0 amide bonds. The molecule has 0 radical (unpaired) electrons. The number of methoxy groups -OCH3 is 1. The molecule has 7 nitrogen and oxygen atoms in total. The number of hydrogen-bond acceptors (Lipinski definition) is 7. The molecule has 2 aromatic rings. The van der Waals surface area contributed by atoms with Crippen LogP contribution in [0, 0.1) is 5.92 Å². The van der Waals surface area contributed by atoms with Gasteiger partial charge in [-0.2, -0.15) is 0 Å². The molecule has 0 aliphatic carbocycles. The molecular formula is C22H25NO6. The third-order valence-electron chi connectivity index (χ3n) is 6.05. The summed E-state index contributed by atoms with van der Waals surface area (Å²) in [7, 11) is 1.56. The zero-order chi connectivity index (χ0) is 20.0. The lowest BCUT2D eigenvalue weighted by Crippen LogP contribution is -2.52. The highest BCUT2D eigenvalue weighted by Crippen LogP contribution is 2.52. The summed E-state index contributed by atoms with van der Waals surface area (Å²) in [5.41, 5.74) is 1.80. The van der Waals surface area contributed by atoms with Crippen LogP contribution in [0.1, 0.15) is 24.0 Å². The third-order valence-corrected chi connectivity index (χ3v) is 6.05. The van der Waals surface area contributed by atoms with Crippen molar-refractivity contribution in [1.29, 1.82) is 0 Å². The number of fused-ring (bicyclic) bond motifs is 2. The number of para-hydroxylation sites is 1. The Morgan fingerprint density at radius 1 is 1.03 bits per heavy atom. The highest BCUT2D eigenvalue weighted by Gasteiger charge is 2.42. The van der Waals surface area contributed by atoms with E-state index in [-0.39, 0.29) is 30.6 Å². The van der Waals surface area contributed by atoms with E-state index in [0.29, 0.717) is 30.5 Å². The number of ether oxygens (including phenoxy) is 5.